The number of aryl methyl sites for hydroxylation is 1. The largest absolute Gasteiger partial charge is 0.392 e. The molecule has 0 bridgehead atoms. The summed E-state index contributed by atoms with van der Waals surface area (Å²) in [5, 5.41) is 11.8. The van der Waals surface area contributed by atoms with Crippen molar-refractivity contribution in [1.29, 1.82) is 0 Å². The highest BCUT2D eigenvalue weighted by Crippen LogP contribution is 2.37. The van der Waals surface area contributed by atoms with E-state index in [1.165, 1.54) is 0 Å². The summed E-state index contributed by atoms with van der Waals surface area (Å²) in [7, 11) is 0. The molecule has 0 saturated carbocycles. The van der Waals surface area contributed by atoms with E-state index < -0.39 is 0 Å². The van der Waals surface area contributed by atoms with E-state index in [1.807, 2.05) is 30.3 Å². The highest BCUT2D eigenvalue weighted by Gasteiger charge is 2.18. The first kappa shape index (κ1) is 20.2. The van der Waals surface area contributed by atoms with Crippen molar-refractivity contribution in [3.63, 3.8) is 0 Å². The molecule has 27 heavy (non-hydrogen) atoms. The van der Waals surface area contributed by atoms with Crippen LogP contribution in [0.25, 0.3) is 11.3 Å². The van der Waals surface area contributed by atoms with Crippen molar-refractivity contribution in [2.45, 2.75) is 33.4 Å². The van der Waals surface area contributed by atoms with Crippen molar-refractivity contribution in [2.75, 3.05) is 11.4 Å². The predicted molar refractivity (Wildman–Crippen MR) is 116 cm³/mol. The van der Waals surface area contributed by atoms with Gasteiger partial charge in [-0.15, -0.1) is 11.3 Å². The Morgan fingerprint density at radius 1 is 1.11 bits per heavy atom. The molecule has 0 radical (unpaired) electrons. The van der Waals surface area contributed by atoms with Crippen molar-refractivity contribution in [3.05, 3.63) is 68.5 Å². The summed E-state index contributed by atoms with van der Waals surface area (Å²) < 4.78 is 0. The maximum atomic E-state index is 9.62. The minimum Gasteiger partial charge on any atom is -0.392 e. The van der Waals surface area contributed by atoms with Gasteiger partial charge in [0.05, 0.1) is 17.3 Å². The molecule has 6 heteroatoms. The molecule has 0 atom stereocenters. The summed E-state index contributed by atoms with van der Waals surface area (Å²) in [5.41, 5.74) is 3.86. The van der Waals surface area contributed by atoms with E-state index in [0.29, 0.717) is 16.6 Å². The molecular weight excluding hydrogens is 399 g/mol. The summed E-state index contributed by atoms with van der Waals surface area (Å²) in [6.45, 7) is 5.86. The van der Waals surface area contributed by atoms with Gasteiger partial charge in [0.15, 0.2) is 5.13 Å². The van der Waals surface area contributed by atoms with Gasteiger partial charge in [-0.2, -0.15) is 0 Å². The Labute approximate surface area is 174 Å². The number of anilines is 1. The molecule has 3 nitrogen and oxygen atoms in total. The van der Waals surface area contributed by atoms with Crippen LogP contribution in [0.1, 0.15) is 29.3 Å². The van der Waals surface area contributed by atoms with E-state index in [4.69, 9.17) is 28.2 Å². The summed E-state index contributed by atoms with van der Waals surface area (Å²) >= 11 is 14.1. The number of rotatable bonds is 7. The number of halogens is 2. The van der Waals surface area contributed by atoms with Gasteiger partial charge in [0.25, 0.3) is 0 Å². The Morgan fingerprint density at radius 3 is 2.52 bits per heavy atom. The third kappa shape index (κ3) is 4.64. The lowest BCUT2D eigenvalue weighted by molar-refractivity contribution is 0.280. The predicted octanol–water partition coefficient (Wildman–Crippen LogP) is 6.33. The Bertz CT molecular complexity index is 926. The van der Waals surface area contributed by atoms with Gasteiger partial charge in [0.1, 0.15) is 0 Å². The van der Waals surface area contributed by atoms with Gasteiger partial charge in [0.2, 0.25) is 0 Å². The van der Waals surface area contributed by atoms with Crippen LogP contribution in [0.3, 0.4) is 0 Å². The molecule has 142 valence electrons. The molecule has 0 amide bonds. The minimum atomic E-state index is 0.0403. The fraction of sp³-hybridized carbons (Fsp3) is 0.286. The van der Waals surface area contributed by atoms with Crippen LogP contribution in [0.5, 0.6) is 0 Å². The number of nitrogens with zero attached hydrogens (tertiary/aromatic N) is 2. The van der Waals surface area contributed by atoms with E-state index in [0.717, 1.165) is 45.4 Å². The average molecular weight is 421 g/mol. The number of aliphatic hydroxyl groups is 1. The van der Waals surface area contributed by atoms with Crippen LogP contribution in [0.4, 0.5) is 5.13 Å². The molecule has 0 fully saturated rings. The molecular formula is C21H22Cl2N2OS. The van der Waals surface area contributed by atoms with Crippen molar-refractivity contribution >= 4 is 39.7 Å². The molecule has 0 aliphatic heterocycles. The van der Waals surface area contributed by atoms with Gasteiger partial charge in [-0.05, 0) is 42.7 Å². The van der Waals surface area contributed by atoms with Crippen LogP contribution in [-0.4, -0.2) is 16.6 Å². The number of hydrogen-bond donors (Lipinski definition) is 1. The second kappa shape index (κ2) is 9.07. The lowest BCUT2D eigenvalue weighted by Crippen LogP contribution is -2.24. The van der Waals surface area contributed by atoms with E-state index in [9.17, 15) is 5.11 Å². The van der Waals surface area contributed by atoms with Crippen LogP contribution in [0.15, 0.2) is 42.5 Å². The molecule has 1 N–H and O–H groups in total. The first-order valence-electron chi connectivity index (χ1n) is 8.89. The zero-order valence-corrected chi connectivity index (χ0v) is 17.7. The highest BCUT2D eigenvalue weighted by molar-refractivity contribution is 7.16. The highest BCUT2D eigenvalue weighted by atomic mass is 35.5. The molecule has 0 unspecified atom stereocenters. The van der Waals surface area contributed by atoms with Crippen LogP contribution in [-0.2, 0) is 13.2 Å². The van der Waals surface area contributed by atoms with Gasteiger partial charge < -0.3 is 10.0 Å². The minimum absolute atomic E-state index is 0.0403. The molecule has 0 aliphatic carbocycles. The first-order valence-corrected chi connectivity index (χ1v) is 10.5. The monoisotopic (exact) mass is 420 g/mol. The Hall–Kier alpha value is -1.59. The second-order valence-corrected chi connectivity index (χ2v) is 8.40. The number of aromatic nitrogens is 1. The third-order valence-corrected chi connectivity index (χ3v) is 5.96. The normalized spacial score (nSPS) is 11.0. The van der Waals surface area contributed by atoms with Crippen molar-refractivity contribution < 1.29 is 5.11 Å². The maximum Gasteiger partial charge on any atom is 0.186 e. The van der Waals surface area contributed by atoms with Crippen LogP contribution < -0.4 is 4.90 Å². The van der Waals surface area contributed by atoms with E-state index in [-0.39, 0.29) is 6.61 Å². The van der Waals surface area contributed by atoms with Gasteiger partial charge >= 0.3 is 0 Å². The average Bonchev–Trinajstić information content (AvgIpc) is 3.03. The summed E-state index contributed by atoms with van der Waals surface area (Å²) in [5.74, 6) is 0. The molecule has 0 aliphatic rings. The second-order valence-electron chi connectivity index (χ2n) is 6.37. The van der Waals surface area contributed by atoms with E-state index in [2.05, 4.69) is 24.8 Å². The van der Waals surface area contributed by atoms with Crippen LogP contribution >= 0.6 is 34.5 Å². The molecule has 1 heterocycles. The lowest BCUT2D eigenvalue weighted by Gasteiger charge is -2.22. The topological polar surface area (TPSA) is 36.4 Å². The number of benzene rings is 2. The first-order chi connectivity index (χ1) is 13.0. The molecule has 3 aromatic rings. The smallest absolute Gasteiger partial charge is 0.186 e. The maximum absolute atomic E-state index is 9.62. The third-order valence-electron chi connectivity index (χ3n) is 4.39. The molecule has 0 saturated heterocycles. The van der Waals surface area contributed by atoms with Gasteiger partial charge in [-0.1, -0.05) is 54.4 Å². The van der Waals surface area contributed by atoms with Gasteiger partial charge in [-0.3, -0.25) is 0 Å². The van der Waals surface area contributed by atoms with Gasteiger partial charge in [0, 0.05) is 28.6 Å². The zero-order valence-electron chi connectivity index (χ0n) is 15.4. The lowest BCUT2D eigenvalue weighted by atomic mass is 10.1. The van der Waals surface area contributed by atoms with Crippen LogP contribution in [0.2, 0.25) is 10.0 Å². The van der Waals surface area contributed by atoms with Gasteiger partial charge in [-0.25, -0.2) is 4.98 Å². The summed E-state index contributed by atoms with van der Waals surface area (Å²) in [6.07, 6.45) is 1.01. The number of aliphatic hydroxyl groups excluding tert-OH is 1. The fourth-order valence-corrected chi connectivity index (χ4v) is 4.48. The Kier molecular flexibility index (Phi) is 6.77. The van der Waals surface area contributed by atoms with E-state index in [1.54, 1.807) is 17.4 Å². The number of hydrogen-bond acceptors (Lipinski definition) is 4. The summed E-state index contributed by atoms with van der Waals surface area (Å²) in [4.78, 5) is 8.28. The van der Waals surface area contributed by atoms with E-state index >= 15 is 0 Å². The number of thiazole rings is 1. The molecule has 2 aromatic carbocycles. The Balaban J connectivity index is 1.95. The Morgan fingerprint density at radius 2 is 1.85 bits per heavy atom. The van der Waals surface area contributed by atoms with Crippen LogP contribution in [0, 0.1) is 6.92 Å². The summed E-state index contributed by atoms with van der Waals surface area (Å²) in [6, 6.07) is 13.5. The molecule has 3 rings (SSSR count). The fourth-order valence-electron chi connectivity index (χ4n) is 3.03. The molecule has 0 spiro atoms. The molecule has 1 aromatic heterocycles. The quantitative estimate of drug-likeness (QED) is 0.484. The standard InChI is InChI=1S/C21H22Cl2N2OS/c1-3-10-25(12-15-6-4-5-7-16(15)13-26)21-24-20(14(2)27-21)18-9-8-17(22)11-19(18)23/h4-9,11,26H,3,10,12-13H2,1-2H3. The van der Waals surface area contributed by atoms with Crippen molar-refractivity contribution in [3.8, 4) is 11.3 Å². The SMILES string of the molecule is CCCN(Cc1ccccc1CO)c1nc(-c2ccc(Cl)cc2Cl)c(C)s1. The van der Waals surface area contributed by atoms with Crippen molar-refractivity contribution in [2.24, 2.45) is 0 Å². The van der Waals surface area contributed by atoms with Crippen molar-refractivity contribution in [1.82, 2.24) is 4.98 Å². The zero-order chi connectivity index (χ0) is 19.4.